The fraction of sp³-hybridized carbons (Fsp3) is 0.500. The molecule has 0 radical (unpaired) electrons. The molecule has 0 spiro atoms. The van der Waals surface area contributed by atoms with Gasteiger partial charge >= 0.3 is 0 Å². The topological polar surface area (TPSA) is 54.9 Å². The van der Waals surface area contributed by atoms with Crippen LogP contribution in [0.25, 0.3) is 5.69 Å². The van der Waals surface area contributed by atoms with Crippen molar-refractivity contribution >= 4 is 6.29 Å². The third kappa shape index (κ3) is 1.92. The molecule has 0 saturated heterocycles. The average Bonchev–Trinajstić information content (AvgIpc) is 2.92. The lowest BCUT2D eigenvalue weighted by molar-refractivity contribution is -0.00758. The van der Waals surface area contributed by atoms with Gasteiger partial charge in [-0.1, -0.05) is 18.2 Å². The Morgan fingerprint density at radius 2 is 1.58 bits per heavy atom. The van der Waals surface area contributed by atoms with Gasteiger partial charge in [-0.3, -0.25) is 14.7 Å². The van der Waals surface area contributed by atoms with Gasteiger partial charge in [0, 0.05) is 5.41 Å². The zero-order chi connectivity index (χ0) is 16.3. The Morgan fingerprint density at radius 1 is 1.00 bits per heavy atom. The molecular weight excluding hydrogens is 300 g/mol. The van der Waals surface area contributed by atoms with Crippen LogP contribution < -0.4 is 5.56 Å². The van der Waals surface area contributed by atoms with Crippen LogP contribution in [0.3, 0.4) is 0 Å². The maximum Gasteiger partial charge on any atom is 0.282 e. The van der Waals surface area contributed by atoms with Gasteiger partial charge in [-0.2, -0.15) is 0 Å². The van der Waals surface area contributed by atoms with Crippen LogP contribution in [0.4, 0.5) is 0 Å². The van der Waals surface area contributed by atoms with E-state index in [0.29, 0.717) is 5.56 Å². The molecule has 0 aliphatic heterocycles. The van der Waals surface area contributed by atoms with E-state index in [2.05, 4.69) is 5.10 Å². The molecule has 0 amide bonds. The fourth-order valence-corrected chi connectivity index (χ4v) is 6.14. The van der Waals surface area contributed by atoms with Crippen molar-refractivity contribution in [3.63, 3.8) is 0 Å². The minimum atomic E-state index is -0.207. The maximum atomic E-state index is 12.8. The van der Waals surface area contributed by atoms with Crippen molar-refractivity contribution in [2.45, 2.75) is 43.9 Å². The number of carbonyl (C=O) groups excluding carboxylic acids is 1. The second-order valence-corrected chi connectivity index (χ2v) is 8.19. The number of H-pyrrole nitrogens is 1. The Labute approximate surface area is 140 Å². The second kappa shape index (κ2) is 4.95. The second-order valence-electron chi connectivity index (χ2n) is 8.19. The van der Waals surface area contributed by atoms with Gasteiger partial charge < -0.3 is 0 Å². The van der Waals surface area contributed by atoms with Crippen molar-refractivity contribution in [3.8, 4) is 5.69 Å². The molecule has 0 atom stereocenters. The first kappa shape index (κ1) is 14.3. The van der Waals surface area contributed by atoms with Crippen LogP contribution in [0.15, 0.2) is 35.1 Å². The molecule has 4 saturated carbocycles. The molecule has 4 bridgehead atoms. The van der Waals surface area contributed by atoms with Gasteiger partial charge in [0.1, 0.15) is 5.56 Å². The molecule has 4 heteroatoms. The molecule has 4 nitrogen and oxygen atoms in total. The van der Waals surface area contributed by atoms with E-state index >= 15 is 0 Å². The third-order valence-corrected chi connectivity index (χ3v) is 6.63. The number of hydrogen-bond donors (Lipinski definition) is 1. The highest BCUT2D eigenvalue weighted by atomic mass is 16.1. The summed E-state index contributed by atoms with van der Waals surface area (Å²) in [7, 11) is 0. The van der Waals surface area contributed by atoms with Gasteiger partial charge in [-0.25, -0.2) is 4.68 Å². The third-order valence-electron chi connectivity index (χ3n) is 6.63. The first-order valence-corrected chi connectivity index (χ1v) is 9.04. The van der Waals surface area contributed by atoms with Crippen molar-refractivity contribution in [1.29, 1.82) is 0 Å². The van der Waals surface area contributed by atoms with Gasteiger partial charge in [0.25, 0.3) is 5.56 Å². The van der Waals surface area contributed by atoms with E-state index in [1.54, 1.807) is 4.68 Å². The summed E-state index contributed by atoms with van der Waals surface area (Å²) in [6.45, 7) is 0. The minimum Gasteiger partial charge on any atom is -0.298 e. The first-order chi connectivity index (χ1) is 11.7. The number of rotatable bonds is 3. The van der Waals surface area contributed by atoms with E-state index in [9.17, 15) is 9.59 Å². The number of nitrogens with one attached hydrogen (secondary N) is 1. The molecule has 2 aromatic rings. The number of aromatic amines is 1. The average molecular weight is 322 g/mol. The molecular formula is C20H22N2O2. The molecule has 24 heavy (non-hydrogen) atoms. The van der Waals surface area contributed by atoms with E-state index in [1.807, 2.05) is 30.3 Å². The SMILES string of the molecule is O=Cc1c(C23CC4CC(CC(C4)C2)C3)[nH]n(-c2ccccc2)c1=O. The highest BCUT2D eigenvalue weighted by Crippen LogP contribution is 2.60. The predicted octanol–water partition coefficient (Wildman–Crippen LogP) is 3.45. The lowest BCUT2D eigenvalue weighted by Crippen LogP contribution is -2.49. The molecule has 1 aromatic heterocycles. The quantitative estimate of drug-likeness (QED) is 0.880. The molecule has 4 aliphatic carbocycles. The van der Waals surface area contributed by atoms with Crippen LogP contribution in [0.2, 0.25) is 0 Å². The van der Waals surface area contributed by atoms with Crippen LogP contribution >= 0.6 is 0 Å². The number of hydrogen-bond acceptors (Lipinski definition) is 2. The van der Waals surface area contributed by atoms with Gasteiger partial charge in [0.05, 0.1) is 11.4 Å². The maximum absolute atomic E-state index is 12.8. The fourth-order valence-electron chi connectivity index (χ4n) is 6.14. The highest BCUT2D eigenvalue weighted by Gasteiger charge is 2.53. The minimum absolute atomic E-state index is 0.0180. The first-order valence-electron chi connectivity index (χ1n) is 9.04. The summed E-state index contributed by atoms with van der Waals surface area (Å²) in [5.41, 5.74) is 1.86. The number of nitrogens with zero attached hydrogens (tertiary/aromatic N) is 1. The summed E-state index contributed by atoms with van der Waals surface area (Å²) in [6, 6.07) is 9.55. The van der Waals surface area contributed by atoms with E-state index in [1.165, 1.54) is 19.3 Å². The van der Waals surface area contributed by atoms with Gasteiger partial charge in [-0.05, 0) is 68.4 Å². The van der Waals surface area contributed by atoms with Crippen LogP contribution in [0, 0.1) is 17.8 Å². The lowest BCUT2D eigenvalue weighted by Gasteiger charge is -2.56. The molecule has 1 heterocycles. The van der Waals surface area contributed by atoms with Crippen LogP contribution in [0.1, 0.15) is 54.6 Å². The van der Waals surface area contributed by atoms with Gasteiger partial charge in [0.2, 0.25) is 0 Å². The van der Waals surface area contributed by atoms with E-state index < -0.39 is 0 Å². The van der Waals surface area contributed by atoms with Gasteiger partial charge in [0.15, 0.2) is 6.29 Å². The zero-order valence-electron chi connectivity index (χ0n) is 13.7. The van der Waals surface area contributed by atoms with Crippen molar-refractivity contribution in [1.82, 2.24) is 9.78 Å². The monoisotopic (exact) mass is 322 g/mol. The van der Waals surface area contributed by atoms with Crippen molar-refractivity contribution in [2.75, 3.05) is 0 Å². The Bertz CT molecular complexity index is 811. The van der Waals surface area contributed by atoms with E-state index in [-0.39, 0.29) is 11.0 Å². The summed E-state index contributed by atoms with van der Waals surface area (Å²) in [6.07, 6.45) is 8.21. The van der Waals surface area contributed by atoms with Crippen molar-refractivity contribution in [3.05, 3.63) is 51.9 Å². The number of benzene rings is 1. The van der Waals surface area contributed by atoms with Gasteiger partial charge in [-0.15, -0.1) is 0 Å². The predicted molar refractivity (Wildman–Crippen MR) is 91.6 cm³/mol. The number of aromatic nitrogens is 2. The summed E-state index contributed by atoms with van der Waals surface area (Å²) < 4.78 is 1.55. The number of aldehydes is 1. The zero-order valence-corrected chi connectivity index (χ0v) is 13.7. The molecule has 4 aliphatic rings. The number of para-hydroxylation sites is 1. The Kier molecular flexibility index (Phi) is 2.94. The van der Waals surface area contributed by atoms with Crippen LogP contribution in [-0.2, 0) is 5.41 Å². The van der Waals surface area contributed by atoms with Crippen LogP contribution in [-0.4, -0.2) is 16.1 Å². The molecule has 1 aromatic carbocycles. The Balaban J connectivity index is 1.67. The highest BCUT2D eigenvalue weighted by molar-refractivity contribution is 5.77. The van der Waals surface area contributed by atoms with Crippen LogP contribution in [0.5, 0.6) is 0 Å². The molecule has 6 rings (SSSR count). The standard InChI is InChI=1S/C20H22N2O2/c23-12-17-18(21-22(19(17)24)16-4-2-1-3-5-16)20-9-13-6-14(10-20)8-15(7-13)11-20/h1-5,12-15,21H,6-11H2. The number of carbonyl (C=O) groups is 1. The molecule has 0 unspecified atom stereocenters. The Hall–Kier alpha value is -2.10. The summed E-state index contributed by atoms with van der Waals surface area (Å²) in [5.74, 6) is 2.33. The van der Waals surface area contributed by atoms with Crippen molar-refractivity contribution in [2.24, 2.45) is 17.8 Å². The summed E-state index contributed by atoms with van der Waals surface area (Å²) >= 11 is 0. The summed E-state index contributed by atoms with van der Waals surface area (Å²) in [5, 5.41) is 3.35. The van der Waals surface area contributed by atoms with E-state index in [4.69, 9.17) is 0 Å². The normalized spacial score (nSPS) is 33.8. The molecule has 1 N–H and O–H groups in total. The molecule has 124 valence electrons. The van der Waals surface area contributed by atoms with E-state index in [0.717, 1.165) is 54.7 Å². The Morgan fingerprint density at radius 3 is 2.12 bits per heavy atom. The lowest BCUT2D eigenvalue weighted by atomic mass is 9.48. The summed E-state index contributed by atoms with van der Waals surface area (Å²) in [4.78, 5) is 24.6. The smallest absolute Gasteiger partial charge is 0.282 e. The van der Waals surface area contributed by atoms with Crippen molar-refractivity contribution < 1.29 is 4.79 Å². The largest absolute Gasteiger partial charge is 0.298 e. The molecule has 4 fully saturated rings.